The van der Waals surface area contributed by atoms with Crippen LogP contribution in [0.3, 0.4) is 0 Å². The third-order valence-corrected chi connectivity index (χ3v) is 7.08. The number of hydrogen-bond acceptors (Lipinski definition) is 4. The summed E-state index contributed by atoms with van der Waals surface area (Å²) in [6.45, 7) is 0.366. The molecular weight excluding hydrogens is 412 g/mol. The van der Waals surface area contributed by atoms with Crippen LogP contribution in [-0.4, -0.2) is 20.9 Å². The molecule has 0 fully saturated rings. The number of nitrogens with zero attached hydrogens (tertiary/aromatic N) is 1. The number of sulfonamides is 1. The van der Waals surface area contributed by atoms with Crippen molar-refractivity contribution in [3.8, 4) is 11.5 Å². The number of nitrogens with one attached hydrogen (secondary N) is 1. The molecule has 1 N–H and O–H groups in total. The first-order chi connectivity index (χ1) is 13.9. The van der Waals surface area contributed by atoms with Crippen molar-refractivity contribution in [1.82, 2.24) is 0 Å². The first-order valence-corrected chi connectivity index (χ1v) is 10.8. The molecule has 0 saturated heterocycles. The van der Waals surface area contributed by atoms with Crippen molar-refractivity contribution in [3.63, 3.8) is 0 Å². The summed E-state index contributed by atoms with van der Waals surface area (Å²) in [6, 6.07) is 16.6. The van der Waals surface area contributed by atoms with Gasteiger partial charge in [-0.3, -0.25) is 9.10 Å². The zero-order valence-corrected chi connectivity index (χ0v) is 16.6. The van der Waals surface area contributed by atoms with Crippen molar-refractivity contribution in [2.45, 2.75) is 11.3 Å². The molecule has 0 aromatic heterocycles. The number of amides is 1. The molecule has 146 valence electrons. The van der Waals surface area contributed by atoms with Crippen molar-refractivity contribution in [2.75, 3.05) is 16.2 Å². The van der Waals surface area contributed by atoms with Crippen molar-refractivity contribution < 1.29 is 17.9 Å². The molecule has 0 radical (unpaired) electrons. The largest absolute Gasteiger partial charge is 0.454 e. The molecular formula is C21H15ClN2O4S. The van der Waals surface area contributed by atoms with Crippen molar-refractivity contribution in [2.24, 2.45) is 0 Å². The van der Waals surface area contributed by atoms with E-state index >= 15 is 0 Å². The SMILES string of the molecule is O=C1Nc2cc(Cl)ccc2Oc2ccc(S(=O)(=O)N3CCc4ccccc43)cc21. The molecule has 0 saturated carbocycles. The number of anilines is 2. The van der Waals surface area contributed by atoms with Crippen LogP contribution in [0, 0.1) is 0 Å². The number of benzene rings is 3. The van der Waals surface area contributed by atoms with Gasteiger partial charge in [-0.25, -0.2) is 8.42 Å². The lowest BCUT2D eigenvalue weighted by Crippen LogP contribution is -2.29. The number of carbonyl (C=O) groups is 1. The summed E-state index contributed by atoms with van der Waals surface area (Å²) in [6.07, 6.45) is 0.653. The lowest BCUT2D eigenvalue weighted by molar-refractivity contribution is 0.102. The molecule has 2 aliphatic rings. The highest BCUT2D eigenvalue weighted by Gasteiger charge is 2.32. The van der Waals surface area contributed by atoms with Gasteiger partial charge >= 0.3 is 0 Å². The van der Waals surface area contributed by atoms with Gasteiger partial charge in [-0.15, -0.1) is 0 Å². The Morgan fingerprint density at radius 2 is 1.79 bits per heavy atom. The number of para-hydroxylation sites is 1. The molecule has 3 aromatic rings. The second kappa shape index (κ2) is 6.50. The Morgan fingerprint density at radius 3 is 2.66 bits per heavy atom. The number of carbonyl (C=O) groups excluding carboxylic acids is 1. The van der Waals surface area contributed by atoms with E-state index in [1.165, 1.54) is 22.5 Å². The van der Waals surface area contributed by atoms with Gasteiger partial charge in [-0.05, 0) is 54.4 Å². The molecule has 8 heteroatoms. The van der Waals surface area contributed by atoms with Crippen LogP contribution in [0.5, 0.6) is 11.5 Å². The van der Waals surface area contributed by atoms with Crippen molar-refractivity contribution in [1.29, 1.82) is 0 Å². The van der Waals surface area contributed by atoms with Gasteiger partial charge in [0, 0.05) is 11.6 Å². The van der Waals surface area contributed by atoms with Gasteiger partial charge in [-0.2, -0.15) is 0 Å². The first-order valence-electron chi connectivity index (χ1n) is 8.97. The van der Waals surface area contributed by atoms with Gasteiger partial charge in [0.15, 0.2) is 5.75 Å². The van der Waals surface area contributed by atoms with Gasteiger partial charge < -0.3 is 10.1 Å². The Bertz CT molecular complexity index is 1270. The van der Waals surface area contributed by atoms with Crippen molar-refractivity contribution >= 4 is 38.9 Å². The van der Waals surface area contributed by atoms with E-state index in [0.717, 1.165) is 5.56 Å². The molecule has 0 aliphatic carbocycles. The molecule has 0 unspecified atom stereocenters. The topological polar surface area (TPSA) is 75.7 Å². The Hall–Kier alpha value is -3.03. The highest BCUT2D eigenvalue weighted by Crippen LogP contribution is 2.39. The second-order valence-corrected chi connectivity index (χ2v) is 9.11. The summed E-state index contributed by atoms with van der Waals surface area (Å²) < 4.78 is 33.8. The maximum Gasteiger partial charge on any atom is 0.264 e. The van der Waals surface area contributed by atoms with Gasteiger partial charge in [0.1, 0.15) is 5.75 Å². The number of rotatable bonds is 2. The van der Waals surface area contributed by atoms with E-state index < -0.39 is 15.9 Å². The fourth-order valence-corrected chi connectivity index (χ4v) is 5.32. The highest BCUT2D eigenvalue weighted by atomic mass is 35.5. The molecule has 2 aliphatic heterocycles. The Labute approximate surface area is 172 Å². The van der Waals surface area contributed by atoms with E-state index in [9.17, 15) is 13.2 Å². The van der Waals surface area contributed by atoms with Crippen LogP contribution >= 0.6 is 11.6 Å². The minimum absolute atomic E-state index is 0.0377. The van der Waals surface area contributed by atoms with E-state index in [-0.39, 0.29) is 16.2 Å². The van der Waals surface area contributed by atoms with Gasteiger partial charge in [0.05, 0.1) is 21.8 Å². The standard InChI is InChI=1S/C21H15ClN2O4S/c22-14-5-7-20-17(11-14)23-21(25)16-12-15(6-8-19(16)28-20)29(26,27)24-10-9-13-3-1-2-4-18(13)24/h1-8,11-12H,9-10H2,(H,23,25). The third-order valence-electron chi connectivity index (χ3n) is 5.04. The van der Waals surface area contributed by atoms with E-state index in [4.69, 9.17) is 16.3 Å². The van der Waals surface area contributed by atoms with E-state index in [1.54, 1.807) is 24.3 Å². The van der Waals surface area contributed by atoms with Crippen LogP contribution in [0.2, 0.25) is 5.02 Å². The van der Waals surface area contributed by atoms with Crippen LogP contribution in [0.15, 0.2) is 65.6 Å². The lowest BCUT2D eigenvalue weighted by Gasteiger charge is -2.20. The fourth-order valence-electron chi connectivity index (χ4n) is 3.62. The number of ether oxygens (including phenoxy) is 1. The fraction of sp³-hybridized carbons (Fsp3) is 0.0952. The molecule has 5 rings (SSSR count). The molecule has 29 heavy (non-hydrogen) atoms. The summed E-state index contributed by atoms with van der Waals surface area (Å²) in [5.74, 6) is 0.259. The Balaban J connectivity index is 1.56. The van der Waals surface area contributed by atoms with Crippen LogP contribution in [0.4, 0.5) is 11.4 Å². The Kier molecular flexibility index (Phi) is 4.04. The molecule has 0 bridgehead atoms. The minimum Gasteiger partial charge on any atom is -0.454 e. The van der Waals surface area contributed by atoms with Crippen molar-refractivity contribution in [3.05, 3.63) is 76.8 Å². The summed E-state index contributed by atoms with van der Waals surface area (Å²) in [4.78, 5) is 12.8. The zero-order chi connectivity index (χ0) is 20.2. The van der Waals surface area contributed by atoms with Crippen LogP contribution < -0.4 is 14.4 Å². The quantitative estimate of drug-likeness (QED) is 0.656. The molecule has 3 aromatic carbocycles. The second-order valence-electron chi connectivity index (χ2n) is 6.81. The van der Waals surface area contributed by atoms with Crippen LogP contribution in [0.25, 0.3) is 0 Å². The minimum atomic E-state index is -3.82. The van der Waals surface area contributed by atoms with E-state index in [2.05, 4.69) is 5.32 Å². The molecule has 2 heterocycles. The summed E-state index contributed by atoms with van der Waals surface area (Å²) in [5.41, 5.74) is 2.23. The molecule has 0 atom stereocenters. The molecule has 1 amide bonds. The number of halogens is 1. The van der Waals surface area contributed by atoms with E-state index in [1.807, 2.05) is 18.2 Å². The lowest BCUT2D eigenvalue weighted by atomic mass is 10.2. The number of hydrogen-bond donors (Lipinski definition) is 1. The summed E-state index contributed by atoms with van der Waals surface area (Å²) >= 11 is 6.00. The predicted molar refractivity (Wildman–Crippen MR) is 111 cm³/mol. The van der Waals surface area contributed by atoms with Gasteiger partial charge in [-0.1, -0.05) is 29.8 Å². The summed E-state index contributed by atoms with van der Waals surface area (Å²) in [7, 11) is -3.82. The smallest absolute Gasteiger partial charge is 0.264 e. The third kappa shape index (κ3) is 2.94. The molecule has 0 spiro atoms. The zero-order valence-electron chi connectivity index (χ0n) is 15.1. The maximum atomic E-state index is 13.3. The number of fused-ring (bicyclic) bond motifs is 3. The normalized spacial score (nSPS) is 14.9. The average molecular weight is 427 g/mol. The average Bonchev–Trinajstić information content (AvgIpc) is 3.09. The summed E-state index contributed by atoms with van der Waals surface area (Å²) in [5, 5.41) is 3.18. The van der Waals surface area contributed by atoms with Crippen LogP contribution in [-0.2, 0) is 16.4 Å². The monoisotopic (exact) mass is 426 g/mol. The van der Waals surface area contributed by atoms with Gasteiger partial charge in [0.2, 0.25) is 0 Å². The Morgan fingerprint density at radius 1 is 1.00 bits per heavy atom. The predicted octanol–water partition coefficient (Wildman–Crippen LogP) is 4.45. The molecule has 6 nitrogen and oxygen atoms in total. The van der Waals surface area contributed by atoms with Gasteiger partial charge in [0.25, 0.3) is 15.9 Å². The van der Waals surface area contributed by atoms with Crippen LogP contribution in [0.1, 0.15) is 15.9 Å². The maximum absolute atomic E-state index is 13.3. The highest BCUT2D eigenvalue weighted by molar-refractivity contribution is 7.92. The van der Waals surface area contributed by atoms with E-state index in [0.29, 0.717) is 35.1 Å². The first kappa shape index (κ1) is 18.0.